The highest BCUT2D eigenvalue weighted by Crippen LogP contribution is 1.85. The highest BCUT2D eigenvalue weighted by atomic mass is 35.5. The molecule has 4 nitrogen and oxygen atoms in total. The van der Waals surface area contributed by atoms with E-state index in [1.807, 2.05) is 0 Å². The first kappa shape index (κ1) is 14.6. The molecule has 0 rings (SSSR count). The Kier molecular flexibility index (Phi) is 15.4. The summed E-state index contributed by atoms with van der Waals surface area (Å²) in [5.74, 6) is 0. The van der Waals surface area contributed by atoms with E-state index in [1.54, 1.807) is 6.92 Å². The highest BCUT2D eigenvalue weighted by Gasteiger charge is 1.86. The molecule has 76 valence electrons. The molecule has 0 aliphatic rings. The van der Waals surface area contributed by atoms with Crippen LogP contribution in [-0.4, -0.2) is 24.6 Å². The zero-order valence-corrected chi connectivity index (χ0v) is 8.25. The topological polar surface area (TPSA) is 60.4 Å². The Labute approximate surface area is 82.2 Å². The number of rotatable bonds is 5. The summed E-state index contributed by atoms with van der Waals surface area (Å²) >= 11 is 4.72. The molecule has 0 bridgehead atoms. The minimum absolute atomic E-state index is 0.350. The Morgan fingerprint density at radius 3 is 1.92 bits per heavy atom. The summed E-state index contributed by atoms with van der Waals surface area (Å²) in [6.45, 7) is 2.04. The molecule has 0 heterocycles. The van der Waals surface area contributed by atoms with E-state index < -0.39 is 5.43 Å². The van der Waals surface area contributed by atoms with Crippen molar-refractivity contribution in [1.82, 2.24) is 0 Å². The Morgan fingerprint density at radius 2 is 1.77 bits per heavy atom. The van der Waals surface area contributed by atoms with Crippen molar-refractivity contribution in [3.63, 3.8) is 0 Å². The molecule has 0 saturated heterocycles. The number of hydrogen-bond acceptors (Lipinski definition) is 4. The Balaban J connectivity index is 0. The van der Waals surface area contributed by atoms with E-state index >= 15 is 0 Å². The van der Waals surface area contributed by atoms with Crippen LogP contribution in [-0.2, 0) is 14.3 Å². The van der Waals surface area contributed by atoms with Gasteiger partial charge in [-0.15, -0.1) is 0 Å². The van der Waals surface area contributed by atoms with E-state index in [4.69, 9.17) is 11.6 Å². The van der Waals surface area contributed by atoms with Crippen molar-refractivity contribution in [2.75, 3.05) is 6.61 Å². The normalized spacial score (nSPS) is 7.85. The van der Waals surface area contributed by atoms with Crippen molar-refractivity contribution in [1.29, 1.82) is 0 Å². The molecule has 13 heavy (non-hydrogen) atoms. The molecular formula is C8H13ClO4. The molecule has 0 amide bonds. The molecule has 0 N–H and O–H groups in total. The average molecular weight is 209 g/mol. The second-order valence-electron chi connectivity index (χ2n) is 1.93. The van der Waals surface area contributed by atoms with Gasteiger partial charge in [0.25, 0.3) is 0 Å². The molecule has 5 heteroatoms. The molecule has 0 aromatic heterocycles. The lowest BCUT2D eigenvalue weighted by Gasteiger charge is -1.86. The summed E-state index contributed by atoms with van der Waals surface area (Å²) in [5, 5.41) is 0. The van der Waals surface area contributed by atoms with E-state index in [-0.39, 0.29) is 0 Å². The molecule has 0 radical (unpaired) electrons. The summed E-state index contributed by atoms with van der Waals surface area (Å²) < 4.78 is 4.17. The van der Waals surface area contributed by atoms with Gasteiger partial charge >= 0.3 is 5.43 Å². The van der Waals surface area contributed by atoms with E-state index in [2.05, 4.69) is 4.74 Å². The molecule has 0 fully saturated rings. The number of hydrogen-bond donors (Lipinski definition) is 0. The second kappa shape index (κ2) is 13.7. The molecule has 0 aromatic carbocycles. The van der Waals surface area contributed by atoms with Crippen molar-refractivity contribution in [2.24, 2.45) is 0 Å². The van der Waals surface area contributed by atoms with Crippen LogP contribution in [0, 0.1) is 0 Å². The van der Waals surface area contributed by atoms with Crippen LogP contribution >= 0.6 is 11.6 Å². The number of carbonyl (C=O) groups is 3. The van der Waals surface area contributed by atoms with Gasteiger partial charge in [-0.25, -0.2) is 4.79 Å². The third-order valence-corrected chi connectivity index (χ3v) is 1.01. The lowest BCUT2D eigenvalue weighted by Crippen LogP contribution is -1.89. The predicted molar refractivity (Wildman–Crippen MR) is 48.9 cm³/mol. The van der Waals surface area contributed by atoms with E-state index in [1.165, 1.54) is 0 Å². The third-order valence-electron chi connectivity index (χ3n) is 0.902. The van der Waals surface area contributed by atoms with Gasteiger partial charge in [0.15, 0.2) is 0 Å². The lowest BCUT2D eigenvalue weighted by molar-refractivity contribution is -0.108. The van der Waals surface area contributed by atoms with Crippen LogP contribution in [0.15, 0.2) is 0 Å². The van der Waals surface area contributed by atoms with Gasteiger partial charge in [0.1, 0.15) is 12.6 Å². The molecular weight excluding hydrogens is 196 g/mol. The van der Waals surface area contributed by atoms with Crippen molar-refractivity contribution >= 4 is 29.6 Å². The smallest absolute Gasteiger partial charge is 0.403 e. The lowest BCUT2D eigenvalue weighted by atomic mass is 10.3. The van der Waals surface area contributed by atoms with Crippen molar-refractivity contribution in [2.45, 2.75) is 26.2 Å². The molecule has 0 spiro atoms. The van der Waals surface area contributed by atoms with Crippen molar-refractivity contribution in [3.05, 3.63) is 0 Å². The first-order valence-corrected chi connectivity index (χ1v) is 4.26. The standard InChI is InChI=1S/C5H8O2.C3H5ClO2/c6-4-2-1-3-5-7;1-2-6-3(4)5/h4-5H,1-3H2;2H2,1H3. The average Bonchev–Trinajstić information content (AvgIpc) is 2.06. The van der Waals surface area contributed by atoms with Gasteiger partial charge < -0.3 is 14.3 Å². The molecule has 0 aliphatic heterocycles. The molecule has 0 atom stereocenters. The van der Waals surface area contributed by atoms with Crippen molar-refractivity contribution in [3.8, 4) is 0 Å². The van der Waals surface area contributed by atoms with Crippen LogP contribution in [0.25, 0.3) is 0 Å². The predicted octanol–water partition coefficient (Wildman–Crippen LogP) is 1.94. The van der Waals surface area contributed by atoms with Crippen LogP contribution in [0.4, 0.5) is 4.79 Å². The Morgan fingerprint density at radius 1 is 1.31 bits per heavy atom. The van der Waals surface area contributed by atoms with Crippen molar-refractivity contribution < 1.29 is 19.1 Å². The van der Waals surface area contributed by atoms with Crippen LogP contribution in [0.2, 0.25) is 0 Å². The number of aldehydes is 2. The first-order chi connectivity index (χ1) is 6.18. The molecule has 0 aliphatic carbocycles. The summed E-state index contributed by atoms with van der Waals surface area (Å²) in [5.41, 5.74) is -0.738. The van der Waals surface area contributed by atoms with E-state index in [9.17, 15) is 14.4 Å². The Hall–Kier alpha value is -0.900. The first-order valence-electron chi connectivity index (χ1n) is 3.88. The van der Waals surface area contributed by atoms with E-state index in [0.29, 0.717) is 25.9 Å². The van der Waals surface area contributed by atoms with Gasteiger partial charge in [0.2, 0.25) is 0 Å². The number of ether oxygens (including phenoxy) is 1. The fourth-order valence-electron chi connectivity index (χ4n) is 0.398. The van der Waals surface area contributed by atoms with Crippen LogP contribution in [0.1, 0.15) is 26.2 Å². The number of halogens is 1. The SMILES string of the molecule is CCOC(=O)Cl.O=CCCCC=O. The van der Waals surface area contributed by atoms with Gasteiger partial charge in [-0.05, 0) is 13.3 Å². The summed E-state index contributed by atoms with van der Waals surface area (Å²) in [6.07, 6.45) is 3.37. The van der Waals surface area contributed by atoms with Gasteiger partial charge in [-0.3, -0.25) is 0 Å². The van der Waals surface area contributed by atoms with E-state index in [0.717, 1.165) is 12.6 Å². The second-order valence-corrected chi connectivity index (χ2v) is 2.24. The summed E-state index contributed by atoms with van der Waals surface area (Å²) in [7, 11) is 0. The summed E-state index contributed by atoms with van der Waals surface area (Å²) in [4.78, 5) is 28.7. The highest BCUT2D eigenvalue weighted by molar-refractivity contribution is 6.61. The maximum absolute atomic E-state index is 9.59. The molecule has 0 unspecified atom stereocenters. The van der Waals surface area contributed by atoms with Gasteiger partial charge in [0, 0.05) is 24.4 Å². The minimum Gasteiger partial charge on any atom is -0.454 e. The van der Waals surface area contributed by atoms with Gasteiger partial charge in [-0.1, -0.05) is 0 Å². The fraction of sp³-hybridized carbons (Fsp3) is 0.625. The van der Waals surface area contributed by atoms with Crippen LogP contribution < -0.4 is 0 Å². The number of carbonyl (C=O) groups excluding carboxylic acids is 3. The molecule has 0 saturated carbocycles. The van der Waals surface area contributed by atoms with Gasteiger partial charge in [0.05, 0.1) is 6.61 Å². The number of unbranched alkanes of at least 4 members (excludes halogenated alkanes) is 2. The van der Waals surface area contributed by atoms with Crippen LogP contribution in [0.3, 0.4) is 0 Å². The fourth-order valence-corrected chi connectivity index (χ4v) is 0.507. The quantitative estimate of drug-likeness (QED) is 0.394. The third kappa shape index (κ3) is 24.7. The monoisotopic (exact) mass is 208 g/mol. The maximum Gasteiger partial charge on any atom is 0.403 e. The van der Waals surface area contributed by atoms with Gasteiger partial charge in [-0.2, -0.15) is 0 Å². The Bertz CT molecular complexity index is 139. The minimum atomic E-state index is -0.738. The summed E-state index contributed by atoms with van der Waals surface area (Å²) in [6, 6.07) is 0. The van der Waals surface area contributed by atoms with Crippen LogP contribution in [0.5, 0.6) is 0 Å². The maximum atomic E-state index is 9.59. The largest absolute Gasteiger partial charge is 0.454 e. The zero-order chi connectivity index (χ0) is 10.5. The zero-order valence-electron chi connectivity index (χ0n) is 7.49. The molecule has 0 aromatic rings.